The van der Waals surface area contributed by atoms with Crippen molar-refractivity contribution in [1.82, 2.24) is 29.7 Å². The molecule has 2 aromatic heterocycles. The Balaban J connectivity index is 1.21. The summed E-state index contributed by atoms with van der Waals surface area (Å²) in [4.78, 5) is 26.1. The zero-order chi connectivity index (χ0) is 32.2. The zero-order valence-electron chi connectivity index (χ0n) is 27.6. The maximum Gasteiger partial charge on any atom is 0.229 e. The molecule has 12 nitrogen and oxygen atoms in total. The monoisotopic (exact) mass is 644 g/mol. The van der Waals surface area contributed by atoms with Crippen LogP contribution in [-0.2, 0) is 0 Å². The number of rotatable bonds is 10. The van der Waals surface area contributed by atoms with Crippen LogP contribution in [0.25, 0.3) is 11.0 Å². The fourth-order valence-corrected chi connectivity index (χ4v) is 6.76. The molecular weight excluding hydrogens is 600 g/mol. The predicted molar refractivity (Wildman–Crippen MR) is 189 cm³/mol. The average Bonchev–Trinajstić information content (AvgIpc) is 3.08. The summed E-state index contributed by atoms with van der Waals surface area (Å²) >= 11 is 1.58. The Kier molecular flexibility index (Phi) is 9.81. The van der Waals surface area contributed by atoms with Crippen molar-refractivity contribution in [2.45, 2.75) is 25.8 Å². The van der Waals surface area contributed by atoms with E-state index < -0.39 is 0 Å². The molecule has 0 saturated carbocycles. The lowest BCUT2D eigenvalue weighted by molar-refractivity contribution is 0.0982. The lowest BCUT2D eigenvalue weighted by atomic mass is 10.0. The maximum absolute atomic E-state index is 5.88. The predicted octanol–water partition coefficient (Wildman–Crippen LogP) is 5.16. The van der Waals surface area contributed by atoms with Gasteiger partial charge in [-0.1, -0.05) is 11.9 Å². The lowest BCUT2D eigenvalue weighted by Crippen LogP contribution is -2.52. The molecule has 2 fully saturated rings. The van der Waals surface area contributed by atoms with Crippen LogP contribution in [0.2, 0.25) is 0 Å². The molecule has 2 aromatic carbocycles. The molecule has 2 aliphatic rings. The number of methoxy groups -OCH3 is 2. The Morgan fingerprint density at radius 3 is 2.35 bits per heavy atom. The number of piperidine rings is 1. The maximum atomic E-state index is 5.88. The van der Waals surface area contributed by atoms with Gasteiger partial charge in [0.25, 0.3) is 0 Å². The highest BCUT2D eigenvalue weighted by atomic mass is 32.2. The molecule has 6 rings (SSSR count). The van der Waals surface area contributed by atoms with Crippen molar-refractivity contribution in [1.29, 1.82) is 0 Å². The van der Waals surface area contributed by atoms with E-state index in [4.69, 9.17) is 14.5 Å². The third kappa shape index (κ3) is 6.72. The van der Waals surface area contributed by atoms with Crippen LogP contribution in [0.5, 0.6) is 11.5 Å². The molecule has 4 aromatic rings. The van der Waals surface area contributed by atoms with Gasteiger partial charge >= 0.3 is 0 Å². The van der Waals surface area contributed by atoms with Crippen molar-refractivity contribution in [3.05, 3.63) is 48.4 Å². The highest BCUT2D eigenvalue weighted by Crippen LogP contribution is 2.39. The van der Waals surface area contributed by atoms with Crippen molar-refractivity contribution in [2.75, 3.05) is 93.7 Å². The summed E-state index contributed by atoms with van der Waals surface area (Å²) in [5.41, 5.74) is 6.51. The standard InChI is InChI=1S/C33H44N10O2S/c1-22-19-26(28(44-4)20-27(22)43-13-9-23(10-14-43)42-17-15-40(2)16-18-42)38-33-36-21-29(45-5)32(39-33)37-25-8-7-24-30(35-12-11-34-24)31(25)41(3)46-6/h7-8,11-12,19-21,23H,9-10,13-18H2,1-6H3,(H2,36,37,38,39). The molecule has 2 N–H and O–H groups in total. The fourth-order valence-electron chi connectivity index (χ4n) is 6.39. The molecule has 2 aliphatic heterocycles. The second-order valence-electron chi connectivity index (χ2n) is 11.8. The molecule has 2 saturated heterocycles. The highest BCUT2D eigenvalue weighted by molar-refractivity contribution is 7.99. The molecule has 4 heterocycles. The van der Waals surface area contributed by atoms with Crippen LogP contribution in [0.15, 0.2) is 42.9 Å². The van der Waals surface area contributed by atoms with E-state index in [0.29, 0.717) is 23.6 Å². The second kappa shape index (κ2) is 14.1. The summed E-state index contributed by atoms with van der Waals surface area (Å²) in [6, 6.07) is 8.85. The molecule has 0 aliphatic carbocycles. The van der Waals surface area contributed by atoms with Crippen molar-refractivity contribution in [3.63, 3.8) is 0 Å². The third-order valence-corrected chi connectivity index (χ3v) is 9.79. The molecule has 46 heavy (non-hydrogen) atoms. The van der Waals surface area contributed by atoms with E-state index >= 15 is 0 Å². The largest absolute Gasteiger partial charge is 0.494 e. The first-order chi connectivity index (χ1) is 22.4. The van der Waals surface area contributed by atoms with Crippen molar-refractivity contribution < 1.29 is 9.47 Å². The van der Waals surface area contributed by atoms with Gasteiger partial charge in [0.15, 0.2) is 11.6 Å². The minimum Gasteiger partial charge on any atom is -0.494 e. The highest BCUT2D eigenvalue weighted by Gasteiger charge is 2.28. The number of nitrogens with one attached hydrogen (secondary N) is 2. The van der Waals surface area contributed by atoms with Crippen LogP contribution in [0.3, 0.4) is 0 Å². The molecule has 13 heteroatoms. The van der Waals surface area contributed by atoms with E-state index in [1.54, 1.807) is 44.8 Å². The van der Waals surface area contributed by atoms with Gasteiger partial charge in [0, 0.05) is 82.8 Å². The number of hydrogen-bond acceptors (Lipinski definition) is 13. The van der Waals surface area contributed by atoms with Crippen molar-refractivity contribution in [2.24, 2.45) is 0 Å². The summed E-state index contributed by atoms with van der Waals surface area (Å²) in [6.07, 6.45) is 9.44. The third-order valence-electron chi connectivity index (χ3n) is 9.05. The number of hydrogen-bond donors (Lipinski definition) is 2. The average molecular weight is 645 g/mol. The van der Waals surface area contributed by atoms with Crippen LogP contribution in [0, 0.1) is 6.92 Å². The number of aromatic nitrogens is 4. The first kappa shape index (κ1) is 31.9. The number of fused-ring (bicyclic) bond motifs is 1. The smallest absolute Gasteiger partial charge is 0.229 e. The van der Waals surface area contributed by atoms with Gasteiger partial charge in [-0.3, -0.25) is 14.9 Å². The number of piperazine rings is 1. The number of ether oxygens (including phenoxy) is 2. The number of aryl methyl sites for hydroxylation is 1. The molecule has 244 valence electrons. The van der Waals surface area contributed by atoms with Crippen molar-refractivity contribution >= 4 is 57.5 Å². The van der Waals surface area contributed by atoms with Crippen LogP contribution >= 0.6 is 11.9 Å². The first-order valence-corrected chi connectivity index (χ1v) is 16.9. The number of nitrogens with zero attached hydrogens (tertiary/aromatic N) is 8. The number of benzene rings is 2. The minimum absolute atomic E-state index is 0.419. The molecular formula is C33H44N10O2S. The molecule has 0 spiro atoms. The summed E-state index contributed by atoms with van der Waals surface area (Å²) in [5, 5.41) is 6.86. The normalized spacial score (nSPS) is 16.4. The van der Waals surface area contributed by atoms with E-state index in [-0.39, 0.29) is 0 Å². The summed E-state index contributed by atoms with van der Waals surface area (Å²) in [5.74, 6) is 2.20. The van der Waals surface area contributed by atoms with Crippen LogP contribution in [0.1, 0.15) is 18.4 Å². The van der Waals surface area contributed by atoms with Crippen molar-refractivity contribution in [3.8, 4) is 11.5 Å². The van der Waals surface area contributed by atoms with Gasteiger partial charge in [0.05, 0.1) is 43.0 Å². The quantitative estimate of drug-likeness (QED) is 0.222. The number of anilines is 6. The van der Waals surface area contributed by atoms with Crippen LogP contribution < -0.4 is 29.3 Å². The summed E-state index contributed by atoms with van der Waals surface area (Å²) < 4.78 is 13.6. The van der Waals surface area contributed by atoms with Gasteiger partial charge in [-0.25, -0.2) is 4.98 Å². The minimum atomic E-state index is 0.419. The Hall–Kier alpha value is -4.07. The van der Waals surface area contributed by atoms with E-state index in [1.807, 2.05) is 25.4 Å². The van der Waals surface area contributed by atoms with Gasteiger partial charge < -0.3 is 34.2 Å². The Morgan fingerprint density at radius 1 is 0.891 bits per heavy atom. The zero-order valence-corrected chi connectivity index (χ0v) is 28.4. The Bertz CT molecular complexity index is 1660. The Labute approximate surface area is 275 Å². The fraction of sp³-hybridized carbons (Fsp3) is 0.455. The molecule has 0 amide bonds. The lowest BCUT2D eigenvalue weighted by Gasteiger charge is -2.43. The first-order valence-electron chi connectivity index (χ1n) is 15.7. The van der Waals surface area contributed by atoms with Gasteiger partial charge in [-0.05, 0) is 50.6 Å². The van der Waals surface area contributed by atoms with E-state index in [0.717, 1.165) is 60.0 Å². The van der Waals surface area contributed by atoms with E-state index in [9.17, 15) is 0 Å². The molecule has 0 radical (unpaired) electrons. The Morgan fingerprint density at radius 2 is 1.63 bits per heavy atom. The van der Waals surface area contributed by atoms with E-state index in [2.05, 4.69) is 70.7 Å². The van der Waals surface area contributed by atoms with Gasteiger partial charge in [-0.2, -0.15) is 4.98 Å². The summed E-state index contributed by atoms with van der Waals surface area (Å²) in [7, 11) is 7.52. The topological polar surface area (TPSA) is 107 Å². The van der Waals surface area contributed by atoms with Crippen LogP contribution in [0.4, 0.5) is 34.5 Å². The second-order valence-corrected chi connectivity index (χ2v) is 12.7. The molecule has 0 atom stereocenters. The van der Waals surface area contributed by atoms with E-state index in [1.165, 1.54) is 37.2 Å². The van der Waals surface area contributed by atoms with Crippen LogP contribution in [-0.4, -0.2) is 110 Å². The van der Waals surface area contributed by atoms with Gasteiger partial charge in [-0.15, -0.1) is 0 Å². The number of likely N-dealkylation sites (N-methyl/N-ethyl adjacent to an activating group) is 1. The summed E-state index contributed by atoms with van der Waals surface area (Å²) in [6.45, 7) is 8.90. The molecule has 0 unspecified atom stereocenters. The molecule has 0 bridgehead atoms. The SMILES string of the molecule is COc1cc(N2CCC(N3CCN(C)CC3)CC2)c(C)cc1Nc1ncc(OC)c(Nc2ccc3nccnc3c2N(C)SC)n1. The van der Waals surface area contributed by atoms with Gasteiger partial charge in [0.1, 0.15) is 11.3 Å². The van der Waals surface area contributed by atoms with Gasteiger partial charge in [0.2, 0.25) is 5.95 Å².